The topological polar surface area (TPSA) is 106 Å². The molecule has 1 aliphatic heterocycles. The second-order valence-corrected chi connectivity index (χ2v) is 6.79. The van der Waals surface area contributed by atoms with Crippen LogP contribution >= 0.6 is 0 Å². The third kappa shape index (κ3) is 2.31. The lowest BCUT2D eigenvalue weighted by Crippen LogP contribution is -2.32. The molecule has 0 unspecified atom stereocenters. The maximum Gasteiger partial charge on any atom is 0.229 e. The number of pyridine rings is 1. The summed E-state index contributed by atoms with van der Waals surface area (Å²) < 4.78 is 5.53. The highest BCUT2D eigenvalue weighted by molar-refractivity contribution is 6.27. The summed E-state index contributed by atoms with van der Waals surface area (Å²) in [5.74, 6) is -1.87. The Morgan fingerprint density at radius 3 is 2.41 bits per heavy atom. The van der Waals surface area contributed by atoms with Crippen molar-refractivity contribution >= 4 is 22.5 Å². The summed E-state index contributed by atoms with van der Waals surface area (Å²) in [4.78, 5) is 30.8. The van der Waals surface area contributed by atoms with Gasteiger partial charge in [-0.15, -0.1) is 0 Å². The van der Waals surface area contributed by atoms with Gasteiger partial charge < -0.3 is 10.5 Å². The number of hydrogen-bond donors (Lipinski definition) is 1. The molecule has 5 rings (SSSR count). The van der Waals surface area contributed by atoms with Gasteiger partial charge in [0.25, 0.3) is 0 Å². The van der Waals surface area contributed by atoms with Crippen molar-refractivity contribution in [3.63, 3.8) is 0 Å². The van der Waals surface area contributed by atoms with Crippen molar-refractivity contribution < 1.29 is 14.3 Å². The van der Waals surface area contributed by atoms with E-state index >= 15 is 0 Å². The number of aromatic nitrogens is 1. The molecular formula is C23H13N3O3. The molecule has 2 aliphatic rings. The molecule has 2 heterocycles. The van der Waals surface area contributed by atoms with Gasteiger partial charge in [0.15, 0.2) is 11.5 Å². The summed E-state index contributed by atoms with van der Waals surface area (Å²) in [6.07, 6.45) is 1.61. The summed E-state index contributed by atoms with van der Waals surface area (Å²) in [5, 5.41) is 10.6. The fourth-order valence-electron chi connectivity index (χ4n) is 3.99. The zero-order chi connectivity index (χ0) is 20.1. The first-order valence-corrected chi connectivity index (χ1v) is 8.95. The Morgan fingerprint density at radius 2 is 1.66 bits per heavy atom. The van der Waals surface area contributed by atoms with Crippen LogP contribution in [0.3, 0.4) is 0 Å². The fraction of sp³-hybridized carbons (Fsp3) is 0.0435. The largest absolute Gasteiger partial charge is 0.436 e. The van der Waals surface area contributed by atoms with Gasteiger partial charge >= 0.3 is 0 Å². The van der Waals surface area contributed by atoms with Gasteiger partial charge in [-0.05, 0) is 17.7 Å². The molecule has 6 heteroatoms. The van der Waals surface area contributed by atoms with Crippen molar-refractivity contribution in [2.24, 2.45) is 5.73 Å². The van der Waals surface area contributed by atoms with E-state index in [9.17, 15) is 14.9 Å². The molecule has 29 heavy (non-hydrogen) atoms. The van der Waals surface area contributed by atoms with E-state index in [2.05, 4.69) is 11.1 Å². The van der Waals surface area contributed by atoms with Crippen molar-refractivity contribution in [2.75, 3.05) is 0 Å². The molecule has 0 saturated carbocycles. The first kappa shape index (κ1) is 16.9. The second-order valence-electron chi connectivity index (χ2n) is 6.79. The molecule has 2 aromatic carbocycles. The third-order valence-electron chi connectivity index (χ3n) is 5.28. The molecule has 1 aromatic heterocycles. The van der Waals surface area contributed by atoms with Crippen LogP contribution in [0.1, 0.15) is 32.2 Å². The predicted octanol–water partition coefficient (Wildman–Crippen LogP) is 3.38. The molecule has 1 atom stereocenters. The molecule has 2 N–H and O–H groups in total. The molecule has 3 aromatic rings. The van der Waals surface area contributed by atoms with Crippen LogP contribution in [0, 0.1) is 11.3 Å². The minimum absolute atomic E-state index is 0.0978. The number of rotatable bonds is 1. The number of para-hydroxylation sites is 1. The molecule has 0 amide bonds. The average Bonchev–Trinajstić information content (AvgIpc) is 2.76. The zero-order valence-corrected chi connectivity index (χ0v) is 15.0. The SMILES string of the molecule is N#CC1=C(N)OC2=C(C(=O)c3ccccc3C2=O)[C@H]1c1ccnc2ccccc12. The molecule has 0 saturated heterocycles. The smallest absolute Gasteiger partial charge is 0.229 e. The number of nitrogens with zero attached hydrogens (tertiary/aromatic N) is 2. The highest BCUT2D eigenvalue weighted by atomic mass is 16.5. The Labute approximate surface area is 165 Å². The first-order chi connectivity index (χ1) is 14.1. The Hall–Kier alpha value is -4.24. The van der Waals surface area contributed by atoms with Gasteiger partial charge in [0.1, 0.15) is 11.6 Å². The fourth-order valence-corrected chi connectivity index (χ4v) is 3.99. The lowest BCUT2D eigenvalue weighted by molar-refractivity contribution is 0.0897. The number of ketones is 2. The number of nitriles is 1. The maximum absolute atomic E-state index is 13.4. The van der Waals surface area contributed by atoms with Crippen LogP contribution in [0.4, 0.5) is 0 Å². The van der Waals surface area contributed by atoms with E-state index in [-0.39, 0.29) is 34.1 Å². The first-order valence-electron chi connectivity index (χ1n) is 8.95. The summed E-state index contributed by atoms with van der Waals surface area (Å²) in [6.45, 7) is 0. The standard InChI is InChI=1S/C23H13N3O3/c24-11-16-18(13-9-10-26-17-8-4-3-5-12(13)17)19-20(27)14-6-1-2-7-15(14)21(28)22(19)29-23(16)25/h1-10,18H,25H2/t18-/m0/s1. The van der Waals surface area contributed by atoms with Crippen LogP contribution in [0.15, 0.2) is 83.6 Å². The van der Waals surface area contributed by atoms with Gasteiger partial charge in [-0.2, -0.15) is 5.26 Å². The molecule has 0 bridgehead atoms. The monoisotopic (exact) mass is 379 g/mol. The Balaban J connectivity index is 1.83. The maximum atomic E-state index is 13.4. The van der Waals surface area contributed by atoms with Gasteiger partial charge in [0.2, 0.25) is 11.7 Å². The van der Waals surface area contributed by atoms with Crippen LogP contribution < -0.4 is 5.73 Å². The highest BCUT2D eigenvalue weighted by Gasteiger charge is 2.44. The van der Waals surface area contributed by atoms with Crippen molar-refractivity contribution in [3.05, 3.63) is 100 Å². The van der Waals surface area contributed by atoms with Crippen LogP contribution in [0.25, 0.3) is 10.9 Å². The van der Waals surface area contributed by atoms with Crippen LogP contribution in [0.2, 0.25) is 0 Å². The zero-order valence-electron chi connectivity index (χ0n) is 15.0. The van der Waals surface area contributed by atoms with Crippen LogP contribution in [-0.2, 0) is 4.74 Å². The number of allylic oxidation sites excluding steroid dienone is 3. The molecule has 0 radical (unpaired) electrons. The summed E-state index contributed by atoms with van der Waals surface area (Å²) in [5.41, 5.74) is 8.19. The van der Waals surface area contributed by atoms with Gasteiger partial charge in [-0.25, -0.2) is 0 Å². The van der Waals surface area contributed by atoms with Crippen molar-refractivity contribution in [1.82, 2.24) is 4.98 Å². The van der Waals surface area contributed by atoms with Crippen molar-refractivity contribution in [2.45, 2.75) is 5.92 Å². The Bertz CT molecular complexity index is 1340. The molecule has 1 aliphatic carbocycles. The number of fused-ring (bicyclic) bond motifs is 2. The summed E-state index contributed by atoms with van der Waals surface area (Å²) in [7, 11) is 0. The minimum Gasteiger partial charge on any atom is -0.436 e. The number of carbonyl (C=O) groups excluding carboxylic acids is 2. The number of carbonyl (C=O) groups is 2. The quantitative estimate of drug-likeness (QED) is 0.695. The molecule has 0 fully saturated rings. The van der Waals surface area contributed by atoms with Crippen LogP contribution in [-0.4, -0.2) is 16.6 Å². The second kappa shape index (κ2) is 6.14. The van der Waals surface area contributed by atoms with E-state index in [1.54, 1.807) is 36.5 Å². The lowest BCUT2D eigenvalue weighted by atomic mass is 9.75. The van der Waals surface area contributed by atoms with Gasteiger partial charge in [0.05, 0.1) is 17.0 Å². The molecule has 6 nitrogen and oxygen atoms in total. The van der Waals surface area contributed by atoms with E-state index < -0.39 is 11.7 Å². The third-order valence-corrected chi connectivity index (χ3v) is 5.28. The van der Waals surface area contributed by atoms with Crippen LogP contribution in [0.5, 0.6) is 0 Å². The van der Waals surface area contributed by atoms with Crippen molar-refractivity contribution in [3.8, 4) is 6.07 Å². The average molecular weight is 379 g/mol. The highest BCUT2D eigenvalue weighted by Crippen LogP contribution is 2.45. The number of nitrogens with two attached hydrogens (primary N) is 1. The minimum atomic E-state index is -0.818. The number of ether oxygens (including phenoxy) is 1. The van der Waals surface area contributed by atoms with E-state index in [1.165, 1.54) is 0 Å². The normalized spacial score (nSPS) is 18.2. The van der Waals surface area contributed by atoms with E-state index in [0.29, 0.717) is 16.6 Å². The van der Waals surface area contributed by atoms with Gasteiger partial charge in [-0.1, -0.05) is 42.5 Å². The summed E-state index contributed by atoms with van der Waals surface area (Å²) in [6, 6.07) is 17.8. The lowest BCUT2D eigenvalue weighted by Gasteiger charge is -2.31. The van der Waals surface area contributed by atoms with Crippen molar-refractivity contribution in [1.29, 1.82) is 5.26 Å². The van der Waals surface area contributed by atoms with E-state index in [4.69, 9.17) is 10.5 Å². The number of hydrogen-bond acceptors (Lipinski definition) is 6. The summed E-state index contributed by atoms with van der Waals surface area (Å²) >= 11 is 0. The van der Waals surface area contributed by atoms with E-state index in [1.807, 2.05) is 24.3 Å². The Morgan fingerprint density at radius 1 is 0.966 bits per heavy atom. The molecule has 138 valence electrons. The number of Topliss-reactive ketones (excluding diaryl/α,β-unsaturated/α-hetero) is 2. The van der Waals surface area contributed by atoms with Gasteiger partial charge in [0, 0.05) is 22.7 Å². The molecule has 0 spiro atoms. The molecular weight excluding hydrogens is 366 g/mol. The Kier molecular flexibility index (Phi) is 3.58. The predicted molar refractivity (Wildman–Crippen MR) is 105 cm³/mol. The van der Waals surface area contributed by atoms with Gasteiger partial charge in [-0.3, -0.25) is 14.6 Å². The number of benzene rings is 2. The van der Waals surface area contributed by atoms with E-state index in [0.717, 1.165) is 5.39 Å².